The van der Waals surface area contributed by atoms with Gasteiger partial charge in [0.1, 0.15) is 5.75 Å². The Morgan fingerprint density at radius 1 is 1.30 bits per heavy atom. The number of guanidine groups is 1. The number of aliphatic hydroxyl groups is 2. The van der Waals surface area contributed by atoms with E-state index in [1.54, 1.807) is 0 Å². The van der Waals surface area contributed by atoms with E-state index >= 15 is 0 Å². The molecule has 0 spiro atoms. The normalized spacial score (nSPS) is 11.2. The van der Waals surface area contributed by atoms with E-state index in [0.29, 0.717) is 16.7 Å². The summed E-state index contributed by atoms with van der Waals surface area (Å²) in [6.45, 7) is 0.509. The van der Waals surface area contributed by atoms with Crippen LogP contribution in [0.15, 0.2) is 24.3 Å². The highest BCUT2D eigenvalue weighted by Crippen LogP contribution is 2.22. The van der Waals surface area contributed by atoms with E-state index in [1.165, 1.54) is 0 Å². The van der Waals surface area contributed by atoms with Gasteiger partial charge in [0.15, 0.2) is 5.96 Å². The third kappa shape index (κ3) is 5.14. The Kier molecular flexibility index (Phi) is 7.03. The van der Waals surface area contributed by atoms with Gasteiger partial charge in [-0.15, -0.1) is 0 Å². The van der Waals surface area contributed by atoms with Gasteiger partial charge >= 0.3 is 0 Å². The molecule has 0 aliphatic carbocycles. The third-order valence-electron chi connectivity index (χ3n) is 2.91. The van der Waals surface area contributed by atoms with Crippen LogP contribution in [0.5, 0.6) is 5.75 Å². The molecule has 0 fully saturated rings. The van der Waals surface area contributed by atoms with E-state index in [4.69, 9.17) is 15.9 Å². The summed E-state index contributed by atoms with van der Waals surface area (Å²) in [4.78, 5) is 0. The fourth-order valence-electron chi connectivity index (χ4n) is 1.40. The minimum Gasteiger partial charge on any atom is -0.493 e. The molecule has 0 aromatic heterocycles. The Hall–Kier alpha value is -1.06. The predicted octanol–water partition coefficient (Wildman–Crippen LogP) is 0.454. The highest BCUT2D eigenvalue weighted by Gasteiger charge is 2.28. The molecular weight excluding hydrogens is 373 g/mol. The van der Waals surface area contributed by atoms with E-state index < -0.39 is 5.41 Å². The molecule has 1 rings (SSSR count). The summed E-state index contributed by atoms with van der Waals surface area (Å²) in [5.74, 6) is 0.607. The molecule has 0 atom stereocenters. The molecule has 6 nitrogen and oxygen atoms in total. The summed E-state index contributed by atoms with van der Waals surface area (Å²) < 4.78 is 6.22. The number of ether oxygens (including phenoxy) is 1. The van der Waals surface area contributed by atoms with Crippen LogP contribution < -0.4 is 15.8 Å². The van der Waals surface area contributed by atoms with Gasteiger partial charge in [0.2, 0.25) is 0 Å². The molecule has 0 aliphatic rings. The van der Waals surface area contributed by atoms with Crippen molar-refractivity contribution in [2.24, 2.45) is 11.1 Å². The molecule has 0 radical (unpaired) electrons. The van der Waals surface area contributed by atoms with Gasteiger partial charge in [-0.3, -0.25) is 5.41 Å². The van der Waals surface area contributed by atoms with Crippen molar-refractivity contribution in [2.45, 2.75) is 6.54 Å². The van der Waals surface area contributed by atoms with Gasteiger partial charge in [0.05, 0.1) is 25.2 Å². The summed E-state index contributed by atoms with van der Waals surface area (Å²) in [6, 6.07) is 7.36. The standard InChI is InChI=1S/C13H20IN3O3/c14-6-13(7-18,8-19)9-20-11-3-1-10(2-4-11)5-17-12(15)16/h1-4,18-19H,5-9H2,(H4,15,16,17). The van der Waals surface area contributed by atoms with Crippen molar-refractivity contribution in [2.75, 3.05) is 24.2 Å². The van der Waals surface area contributed by atoms with Crippen LogP contribution in [-0.2, 0) is 6.54 Å². The van der Waals surface area contributed by atoms with Crippen molar-refractivity contribution in [3.63, 3.8) is 0 Å². The predicted molar refractivity (Wildman–Crippen MR) is 86.2 cm³/mol. The minimum absolute atomic E-state index is 0.0666. The lowest BCUT2D eigenvalue weighted by molar-refractivity contribution is 0.0346. The molecule has 0 saturated carbocycles. The highest BCUT2D eigenvalue weighted by molar-refractivity contribution is 14.1. The molecule has 1 aromatic rings. The molecule has 7 heteroatoms. The quantitative estimate of drug-likeness (QED) is 0.191. The molecule has 20 heavy (non-hydrogen) atoms. The average Bonchev–Trinajstić information content (AvgIpc) is 2.48. The van der Waals surface area contributed by atoms with E-state index in [1.807, 2.05) is 24.3 Å². The first-order chi connectivity index (χ1) is 9.55. The number of alkyl halides is 1. The first-order valence-electron chi connectivity index (χ1n) is 6.12. The van der Waals surface area contributed by atoms with Crippen LogP contribution >= 0.6 is 22.6 Å². The van der Waals surface area contributed by atoms with Crippen LogP contribution in [0.25, 0.3) is 0 Å². The van der Waals surface area contributed by atoms with E-state index in [-0.39, 0.29) is 25.8 Å². The van der Waals surface area contributed by atoms with Crippen molar-refractivity contribution >= 4 is 28.6 Å². The third-order valence-corrected chi connectivity index (χ3v) is 4.52. The van der Waals surface area contributed by atoms with Gasteiger partial charge in [0.25, 0.3) is 0 Å². The molecule has 0 unspecified atom stereocenters. The zero-order valence-corrected chi connectivity index (χ0v) is 13.3. The lowest BCUT2D eigenvalue weighted by Crippen LogP contribution is -2.38. The van der Waals surface area contributed by atoms with E-state index in [0.717, 1.165) is 5.56 Å². The van der Waals surface area contributed by atoms with Gasteiger partial charge in [-0.2, -0.15) is 0 Å². The second-order valence-electron chi connectivity index (χ2n) is 4.65. The topological polar surface area (TPSA) is 112 Å². The van der Waals surface area contributed by atoms with Crippen LogP contribution in [0.4, 0.5) is 0 Å². The Labute approximate surface area is 132 Å². The number of aliphatic hydroxyl groups excluding tert-OH is 2. The Balaban J connectivity index is 2.55. The summed E-state index contributed by atoms with van der Waals surface area (Å²) >= 11 is 2.13. The number of halogens is 1. The number of benzene rings is 1. The van der Waals surface area contributed by atoms with Gasteiger partial charge in [0, 0.05) is 11.0 Å². The summed E-state index contributed by atoms with van der Waals surface area (Å²) in [5.41, 5.74) is 5.58. The van der Waals surface area contributed by atoms with Crippen LogP contribution in [0.2, 0.25) is 0 Å². The van der Waals surface area contributed by atoms with Crippen molar-refractivity contribution in [1.82, 2.24) is 5.32 Å². The Morgan fingerprint density at radius 2 is 1.90 bits per heavy atom. The largest absolute Gasteiger partial charge is 0.493 e. The molecule has 0 aliphatic heterocycles. The molecule has 1 aromatic carbocycles. The molecule has 112 valence electrons. The van der Waals surface area contributed by atoms with Crippen molar-refractivity contribution < 1.29 is 14.9 Å². The fourth-order valence-corrected chi connectivity index (χ4v) is 2.10. The van der Waals surface area contributed by atoms with Gasteiger partial charge in [-0.1, -0.05) is 34.7 Å². The molecule has 6 N–H and O–H groups in total. The average molecular weight is 393 g/mol. The Bertz CT molecular complexity index is 413. The number of nitrogens with two attached hydrogens (primary N) is 1. The van der Waals surface area contributed by atoms with Gasteiger partial charge < -0.3 is 26.0 Å². The number of nitrogens with one attached hydrogen (secondary N) is 2. The maximum absolute atomic E-state index is 9.34. The number of rotatable bonds is 8. The molecule has 0 bridgehead atoms. The van der Waals surface area contributed by atoms with Crippen molar-refractivity contribution in [3.8, 4) is 5.75 Å². The second-order valence-corrected chi connectivity index (χ2v) is 5.41. The van der Waals surface area contributed by atoms with Gasteiger partial charge in [-0.05, 0) is 17.7 Å². The van der Waals surface area contributed by atoms with Crippen LogP contribution in [0, 0.1) is 10.8 Å². The first-order valence-corrected chi connectivity index (χ1v) is 7.65. The van der Waals surface area contributed by atoms with Gasteiger partial charge in [-0.25, -0.2) is 0 Å². The van der Waals surface area contributed by atoms with Crippen molar-refractivity contribution in [3.05, 3.63) is 29.8 Å². The maximum Gasteiger partial charge on any atom is 0.185 e. The fraction of sp³-hybridized carbons (Fsp3) is 0.462. The number of hydrogen-bond acceptors (Lipinski definition) is 4. The highest BCUT2D eigenvalue weighted by atomic mass is 127. The molecule has 0 amide bonds. The zero-order chi connectivity index (χ0) is 15.0. The Morgan fingerprint density at radius 3 is 2.35 bits per heavy atom. The zero-order valence-electron chi connectivity index (χ0n) is 11.1. The first kappa shape index (κ1) is 17.0. The molecule has 0 saturated heterocycles. The summed E-state index contributed by atoms with van der Waals surface area (Å²) in [7, 11) is 0. The van der Waals surface area contributed by atoms with E-state index in [2.05, 4.69) is 27.9 Å². The molecular formula is C13H20IN3O3. The second kappa shape index (κ2) is 8.28. The maximum atomic E-state index is 9.34. The molecule has 0 heterocycles. The summed E-state index contributed by atoms with van der Waals surface area (Å²) in [5, 5.41) is 28.5. The van der Waals surface area contributed by atoms with Crippen LogP contribution in [0.3, 0.4) is 0 Å². The van der Waals surface area contributed by atoms with E-state index in [9.17, 15) is 10.2 Å². The van der Waals surface area contributed by atoms with Crippen LogP contribution in [-0.4, -0.2) is 40.4 Å². The van der Waals surface area contributed by atoms with Crippen LogP contribution in [0.1, 0.15) is 5.56 Å². The SMILES string of the molecule is N=C(N)NCc1ccc(OCC(CO)(CO)CI)cc1. The lowest BCUT2D eigenvalue weighted by atomic mass is 9.94. The smallest absolute Gasteiger partial charge is 0.185 e. The summed E-state index contributed by atoms with van der Waals surface area (Å²) in [6.07, 6.45) is 0. The minimum atomic E-state index is -0.616. The monoisotopic (exact) mass is 393 g/mol. The van der Waals surface area contributed by atoms with Crippen molar-refractivity contribution in [1.29, 1.82) is 5.41 Å². The lowest BCUT2D eigenvalue weighted by Gasteiger charge is -2.27. The number of hydrogen-bond donors (Lipinski definition) is 5.